The Balaban J connectivity index is 1.55. The van der Waals surface area contributed by atoms with Crippen LogP contribution in [0.5, 0.6) is 0 Å². The second-order valence-corrected chi connectivity index (χ2v) is 7.29. The number of carbonyl (C=O) groups is 1. The summed E-state index contributed by atoms with van der Waals surface area (Å²) in [6.07, 6.45) is 5.47. The summed E-state index contributed by atoms with van der Waals surface area (Å²) in [5.41, 5.74) is 1.97. The second kappa shape index (κ2) is 5.74. The van der Waals surface area contributed by atoms with E-state index in [1.807, 2.05) is 52.3 Å². The molecule has 4 rings (SSSR count). The Labute approximate surface area is 142 Å². The minimum absolute atomic E-state index is 0.0154. The van der Waals surface area contributed by atoms with Crippen LogP contribution >= 0.6 is 0 Å². The Hall–Kier alpha value is -2.14. The fourth-order valence-corrected chi connectivity index (χ4v) is 3.66. The zero-order valence-electron chi connectivity index (χ0n) is 14.2. The lowest BCUT2D eigenvalue weighted by Crippen LogP contribution is -2.60. The molecular formula is C19H23N3O2. The fourth-order valence-electron chi connectivity index (χ4n) is 3.66. The van der Waals surface area contributed by atoms with E-state index in [1.165, 1.54) is 0 Å². The largest absolute Gasteiger partial charge is 0.373 e. The van der Waals surface area contributed by atoms with Crippen LogP contribution in [0.25, 0.3) is 5.69 Å². The molecule has 2 atom stereocenters. The molecule has 0 aliphatic carbocycles. The number of ether oxygens (including phenoxy) is 1. The Morgan fingerprint density at radius 2 is 2.08 bits per heavy atom. The predicted octanol–water partition coefficient (Wildman–Crippen LogP) is 2.96. The van der Waals surface area contributed by atoms with Crippen molar-refractivity contribution in [2.75, 3.05) is 13.2 Å². The molecule has 1 aromatic carbocycles. The van der Waals surface area contributed by atoms with Crippen molar-refractivity contribution in [1.29, 1.82) is 0 Å². The molecule has 5 heteroatoms. The van der Waals surface area contributed by atoms with Crippen molar-refractivity contribution in [2.24, 2.45) is 5.92 Å². The van der Waals surface area contributed by atoms with Crippen LogP contribution in [0.1, 0.15) is 38.4 Å². The molecule has 0 bridgehead atoms. The summed E-state index contributed by atoms with van der Waals surface area (Å²) in [5.74, 6) is 0.124. The van der Waals surface area contributed by atoms with E-state index in [4.69, 9.17) is 4.74 Å². The lowest BCUT2D eigenvalue weighted by Gasteiger charge is -2.49. The van der Waals surface area contributed by atoms with Gasteiger partial charge in [-0.2, -0.15) is 5.10 Å². The van der Waals surface area contributed by atoms with E-state index in [0.29, 0.717) is 6.61 Å². The molecule has 1 aromatic heterocycles. The van der Waals surface area contributed by atoms with Gasteiger partial charge >= 0.3 is 0 Å². The number of hydrogen-bond donors (Lipinski definition) is 0. The molecule has 24 heavy (non-hydrogen) atoms. The van der Waals surface area contributed by atoms with Crippen LogP contribution in [-0.2, 0) is 9.53 Å². The van der Waals surface area contributed by atoms with Gasteiger partial charge in [-0.05, 0) is 38.8 Å². The van der Waals surface area contributed by atoms with Crippen LogP contribution in [-0.4, -0.2) is 39.3 Å². The summed E-state index contributed by atoms with van der Waals surface area (Å²) < 4.78 is 7.75. The maximum Gasteiger partial charge on any atom is 0.229 e. The summed E-state index contributed by atoms with van der Waals surface area (Å²) in [6, 6.07) is 9.98. The van der Waals surface area contributed by atoms with Gasteiger partial charge in [0.1, 0.15) is 0 Å². The van der Waals surface area contributed by atoms with Crippen LogP contribution < -0.4 is 0 Å². The number of amides is 1. The van der Waals surface area contributed by atoms with Gasteiger partial charge in [0.2, 0.25) is 5.91 Å². The highest BCUT2D eigenvalue weighted by Gasteiger charge is 2.46. The van der Waals surface area contributed by atoms with Crippen molar-refractivity contribution in [3.8, 4) is 5.69 Å². The monoisotopic (exact) mass is 325 g/mol. The van der Waals surface area contributed by atoms with Gasteiger partial charge in [0.25, 0.3) is 0 Å². The van der Waals surface area contributed by atoms with Gasteiger partial charge in [0.15, 0.2) is 0 Å². The summed E-state index contributed by atoms with van der Waals surface area (Å²) in [7, 11) is 0. The maximum absolute atomic E-state index is 12.9. The Morgan fingerprint density at radius 1 is 1.29 bits per heavy atom. The molecule has 0 spiro atoms. The lowest BCUT2D eigenvalue weighted by atomic mass is 9.85. The van der Waals surface area contributed by atoms with Crippen molar-refractivity contribution >= 4 is 5.91 Å². The van der Waals surface area contributed by atoms with Gasteiger partial charge in [0, 0.05) is 30.5 Å². The van der Waals surface area contributed by atoms with E-state index in [-0.39, 0.29) is 23.5 Å². The molecule has 5 nitrogen and oxygen atoms in total. The van der Waals surface area contributed by atoms with Crippen LogP contribution in [0.15, 0.2) is 42.7 Å². The molecule has 0 N–H and O–H groups in total. The van der Waals surface area contributed by atoms with E-state index in [2.05, 4.69) is 18.9 Å². The summed E-state index contributed by atoms with van der Waals surface area (Å²) in [6.45, 7) is 5.75. The first-order valence-corrected chi connectivity index (χ1v) is 8.59. The number of likely N-dealkylation sites (tertiary alicyclic amines) is 1. The molecule has 1 amide bonds. The molecule has 0 radical (unpaired) electrons. The van der Waals surface area contributed by atoms with Crippen LogP contribution in [0.3, 0.4) is 0 Å². The van der Waals surface area contributed by atoms with Crippen molar-refractivity contribution in [2.45, 2.75) is 38.3 Å². The van der Waals surface area contributed by atoms with Crippen LogP contribution in [0.4, 0.5) is 0 Å². The summed E-state index contributed by atoms with van der Waals surface area (Å²) >= 11 is 0. The zero-order chi connectivity index (χ0) is 16.7. The highest BCUT2D eigenvalue weighted by molar-refractivity contribution is 5.81. The Morgan fingerprint density at radius 3 is 2.75 bits per heavy atom. The molecular weight excluding hydrogens is 302 g/mol. The average molecular weight is 325 g/mol. The van der Waals surface area contributed by atoms with Gasteiger partial charge in [-0.3, -0.25) is 4.79 Å². The predicted molar refractivity (Wildman–Crippen MR) is 90.8 cm³/mol. The molecule has 3 heterocycles. The normalized spacial score (nSPS) is 25.5. The molecule has 2 aromatic rings. The van der Waals surface area contributed by atoms with Crippen molar-refractivity contribution in [1.82, 2.24) is 14.7 Å². The molecule has 2 aliphatic heterocycles. The van der Waals surface area contributed by atoms with Gasteiger partial charge in [-0.1, -0.05) is 18.2 Å². The number of hydrogen-bond acceptors (Lipinski definition) is 3. The first-order chi connectivity index (χ1) is 11.6. The van der Waals surface area contributed by atoms with E-state index in [0.717, 1.165) is 30.6 Å². The van der Waals surface area contributed by atoms with E-state index in [9.17, 15) is 4.79 Å². The minimum atomic E-state index is -0.189. The Kier molecular flexibility index (Phi) is 3.68. The standard InChI is InChI=1S/C19H23N3O2/c1-19(2)9-10-21(19)18(23)16-8-11-24-17(16)14-12-20-22(13-14)15-6-4-3-5-7-15/h3-7,12-13,16-17H,8-11H2,1-2H3/t16-,17+/m0/s1. The first kappa shape index (κ1) is 15.4. The number of para-hydroxylation sites is 1. The van der Waals surface area contributed by atoms with Gasteiger partial charge in [-0.25, -0.2) is 4.68 Å². The third-order valence-electron chi connectivity index (χ3n) is 5.30. The van der Waals surface area contributed by atoms with Crippen molar-refractivity contribution < 1.29 is 9.53 Å². The quantitative estimate of drug-likeness (QED) is 0.872. The summed E-state index contributed by atoms with van der Waals surface area (Å²) in [5, 5.41) is 4.44. The van der Waals surface area contributed by atoms with E-state index >= 15 is 0 Å². The topological polar surface area (TPSA) is 47.4 Å². The Bertz CT molecular complexity index is 738. The average Bonchev–Trinajstić information content (AvgIpc) is 3.23. The van der Waals surface area contributed by atoms with E-state index < -0.39 is 0 Å². The van der Waals surface area contributed by atoms with Crippen molar-refractivity contribution in [3.05, 3.63) is 48.3 Å². The molecule has 0 unspecified atom stereocenters. The number of nitrogens with zero attached hydrogens (tertiary/aromatic N) is 3. The number of aromatic nitrogens is 2. The van der Waals surface area contributed by atoms with Gasteiger partial charge < -0.3 is 9.64 Å². The number of rotatable bonds is 3. The third kappa shape index (κ3) is 2.53. The van der Waals surface area contributed by atoms with E-state index in [1.54, 1.807) is 0 Å². The smallest absolute Gasteiger partial charge is 0.229 e. The van der Waals surface area contributed by atoms with Crippen LogP contribution in [0.2, 0.25) is 0 Å². The van der Waals surface area contributed by atoms with Crippen LogP contribution in [0, 0.1) is 5.92 Å². The van der Waals surface area contributed by atoms with Gasteiger partial charge in [-0.15, -0.1) is 0 Å². The van der Waals surface area contributed by atoms with Gasteiger partial charge in [0.05, 0.1) is 23.9 Å². The minimum Gasteiger partial charge on any atom is -0.373 e. The number of benzene rings is 1. The molecule has 126 valence electrons. The second-order valence-electron chi connectivity index (χ2n) is 7.29. The van der Waals surface area contributed by atoms with Crippen molar-refractivity contribution in [3.63, 3.8) is 0 Å². The fraction of sp³-hybridized carbons (Fsp3) is 0.474. The molecule has 0 saturated carbocycles. The SMILES string of the molecule is CC1(C)CCN1C(=O)[C@H]1CCO[C@@H]1c1cnn(-c2ccccc2)c1. The maximum atomic E-state index is 12.9. The number of carbonyl (C=O) groups excluding carboxylic acids is 1. The lowest BCUT2D eigenvalue weighted by molar-refractivity contribution is -0.151. The molecule has 2 aliphatic rings. The zero-order valence-corrected chi connectivity index (χ0v) is 14.2. The molecule has 2 saturated heterocycles. The molecule has 2 fully saturated rings. The first-order valence-electron chi connectivity index (χ1n) is 8.59. The highest BCUT2D eigenvalue weighted by Crippen LogP contribution is 2.39. The summed E-state index contributed by atoms with van der Waals surface area (Å²) in [4.78, 5) is 14.9. The third-order valence-corrected chi connectivity index (χ3v) is 5.30. The highest BCUT2D eigenvalue weighted by atomic mass is 16.5.